The van der Waals surface area contributed by atoms with Crippen molar-refractivity contribution in [2.45, 2.75) is 26.2 Å². The molecule has 0 fully saturated rings. The third-order valence-electron chi connectivity index (χ3n) is 2.83. The molecule has 0 saturated heterocycles. The SMILES string of the molecule is CC(C)c1nc(N)sc1Cc1cc(Br)ccc1C#N. The van der Waals surface area contributed by atoms with Crippen molar-refractivity contribution in [1.29, 1.82) is 5.26 Å². The van der Waals surface area contributed by atoms with Gasteiger partial charge < -0.3 is 5.73 Å². The fourth-order valence-electron chi connectivity index (χ4n) is 1.95. The highest BCUT2D eigenvalue weighted by molar-refractivity contribution is 9.10. The minimum absolute atomic E-state index is 0.334. The summed E-state index contributed by atoms with van der Waals surface area (Å²) in [6.07, 6.45) is 0.699. The van der Waals surface area contributed by atoms with E-state index in [1.54, 1.807) is 0 Å². The minimum Gasteiger partial charge on any atom is -0.375 e. The van der Waals surface area contributed by atoms with E-state index in [9.17, 15) is 0 Å². The van der Waals surface area contributed by atoms with Crippen molar-refractivity contribution in [2.24, 2.45) is 0 Å². The molecule has 0 aliphatic heterocycles. The predicted molar refractivity (Wildman–Crippen MR) is 82.3 cm³/mol. The molecule has 98 valence electrons. The summed E-state index contributed by atoms with van der Waals surface area (Å²) >= 11 is 4.95. The van der Waals surface area contributed by atoms with Gasteiger partial charge >= 0.3 is 0 Å². The first kappa shape index (κ1) is 14.0. The number of aromatic nitrogens is 1. The molecule has 1 aromatic carbocycles. The molecule has 0 aliphatic carbocycles. The van der Waals surface area contributed by atoms with Gasteiger partial charge in [0, 0.05) is 15.8 Å². The summed E-state index contributed by atoms with van der Waals surface area (Å²) in [6.45, 7) is 4.20. The number of benzene rings is 1. The molecular formula is C14H14BrN3S. The second-order valence-corrected chi connectivity index (χ2v) is 6.64. The average Bonchev–Trinajstić information content (AvgIpc) is 2.71. The predicted octanol–water partition coefficient (Wildman–Crippen LogP) is 4.07. The molecule has 0 saturated carbocycles. The number of rotatable bonds is 3. The molecule has 1 aromatic heterocycles. The van der Waals surface area contributed by atoms with Crippen molar-refractivity contribution < 1.29 is 0 Å². The number of anilines is 1. The van der Waals surface area contributed by atoms with Crippen LogP contribution in [0.3, 0.4) is 0 Å². The number of hydrogen-bond donors (Lipinski definition) is 1. The van der Waals surface area contributed by atoms with Gasteiger partial charge in [0.05, 0.1) is 17.3 Å². The van der Waals surface area contributed by atoms with Gasteiger partial charge in [-0.15, -0.1) is 11.3 Å². The molecule has 1 heterocycles. The maximum Gasteiger partial charge on any atom is 0.180 e. The van der Waals surface area contributed by atoms with Gasteiger partial charge in [0.2, 0.25) is 0 Å². The highest BCUT2D eigenvalue weighted by atomic mass is 79.9. The number of nitrogens with two attached hydrogens (primary N) is 1. The van der Waals surface area contributed by atoms with E-state index in [4.69, 9.17) is 11.0 Å². The Morgan fingerprint density at radius 1 is 1.47 bits per heavy atom. The zero-order valence-corrected chi connectivity index (χ0v) is 13.2. The number of nitriles is 1. The highest BCUT2D eigenvalue weighted by Gasteiger charge is 2.15. The molecule has 0 atom stereocenters. The van der Waals surface area contributed by atoms with Crippen LogP contribution in [0, 0.1) is 11.3 Å². The van der Waals surface area contributed by atoms with Crippen molar-refractivity contribution in [3.8, 4) is 6.07 Å². The van der Waals surface area contributed by atoms with Crippen LogP contribution in [-0.2, 0) is 6.42 Å². The van der Waals surface area contributed by atoms with Gasteiger partial charge in [0.25, 0.3) is 0 Å². The largest absolute Gasteiger partial charge is 0.375 e. The second-order valence-electron chi connectivity index (χ2n) is 4.61. The van der Waals surface area contributed by atoms with Gasteiger partial charge in [-0.05, 0) is 29.7 Å². The third kappa shape index (κ3) is 3.14. The van der Waals surface area contributed by atoms with Crippen LogP contribution in [0.15, 0.2) is 22.7 Å². The molecule has 2 rings (SSSR count). The summed E-state index contributed by atoms with van der Waals surface area (Å²) in [5.74, 6) is 0.334. The van der Waals surface area contributed by atoms with E-state index in [-0.39, 0.29) is 0 Å². The van der Waals surface area contributed by atoms with Crippen LogP contribution < -0.4 is 5.73 Å². The van der Waals surface area contributed by atoms with E-state index in [0.29, 0.717) is 23.0 Å². The maximum absolute atomic E-state index is 9.17. The number of nitrogens with zero attached hydrogens (tertiary/aromatic N) is 2. The Morgan fingerprint density at radius 2 is 2.21 bits per heavy atom. The standard InChI is InChI=1S/C14H14BrN3S/c1-8(2)13-12(19-14(17)18-13)6-10-5-11(15)4-3-9(10)7-16/h3-5,8H,6H2,1-2H3,(H2,17,18). The van der Waals surface area contributed by atoms with Crippen molar-refractivity contribution in [1.82, 2.24) is 4.98 Å². The van der Waals surface area contributed by atoms with E-state index in [1.807, 2.05) is 18.2 Å². The van der Waals surface area contributed by atoms with Crippen molar-refractivity contribution >= 4 is 32.4 Å². The van der Waals surface area contributed by atoms with E-state index in [0.717, 1.165) is 20.6 Å². The first-order valence-corrected chi connectivity index (χ1v) is 7.55. The summed E-state index contributed by atoms with van der Waals surface area (Å²) in [6, 6.07) is 7.93. The number of halogens is 1. The van der Waals surface area contributed by atoms with Crippen LogP contribution in [0.2, 0.25) is 0 Å². The van der Waals surface area contributed by atoms with E-state index >= 15 is 0 Å². The lowest BCUT2D eigenvalue weighted by Gasteiger charge is -2.07. The van der Waals surface area contributed by atoms with Crippen molar-refractivity contribution in [2.75, 3.05) is 5.73 Å². The van der Waals surface area contributed by atoms with Gasteiger partial charge in [0.1, 0.15) is 0 Å². The highest BCUT2D eigenvalue weighted by Crippen LogP contribution is 2.30. The van der Waals surface area contributed by atoms with Gasteiger partial charge in [-0.25, -0.2) is 4.98 Å². The van der Waals surface area contributed by atoms with Crippen LogP contribution in [0.4, 0.5) is 5.13 Å². The van der Waals surface area contributed by atoms with Crippen molar-refractivity contribution in [3.63, 3.8) is 0 Å². The Labute approximate surface area is 125 Å². The van der Waals surface area contributed by atoms with Gasteiger partial charge in [-0.2, -0.15) is 5.26 Å². The van der Waals surface area contributed by atoms with Crippen LogP contribution in [-0.4, -0.2) is 4.98 Å². The molecule has 2 N–H and O–H groups in total. The van der Waals surface area contributed by atoms with E-state index < -0.39 is 0 Å². The average molecular weight is 336 g/mol. The van der Waals surface area contributed by atoms with Crippen LogP contribution in [0.1, 0.15) is 41.5 Å². The van der Waals surface area contributed by atoms with Gasteiger partial charge in [-0.1, -0.05) is 29.8 Å². The zero-order valence-electron chi connectivity index (χ0n) is 10.8. The summed E-state index contributed by atoms with van der Waals surface area (Å²) in [5, 5.41) is 9.76. The maximum atomic E-state index is 9.17. The summed E-state index contributed by atoms with van der Waals surface area (Å²) in [4.78, 5) is 5.53. The Hall–Kier alpha value is -1.38. The molecule has 5 heteroatoms. The monoisotopic (exact) mass is 335 g/mol. The van der Waals surface area contributed by atoms with Crippen LogP contribution >= 0.6 is 27.3 Å². The third-order valence-corrected chi connectivity index (χ3v) is 4.22. The normalized spacial score (nSPS) is 10.7. The molecule has 0 radical (unpaired) electrons. The number of hydrogen-bond acceptors (Lipinski definition) is 4. The quantitative estimate of drug-likeness (QED) is 0.919. The Morgan fingerprint density at radius 3 is 2.84 bits per heavy atom. The molecule has 0 bridgehead atoms. The molecule has 19 heavy (non-hydrogen) atoms. The van der Waals surface area contributed by atoms with Gasteiger partial charge in [-0.3, -0.25) is 0 Å². The summed E-state index contributed by atoms with van der Waals surface area (Å²) < 4.78 is 0.977. The summed E-state index contributed by atoms with van der Waals surface area (Å²) in [5.41, 5.74) is 8.54. The Balaban J connectivity index is 2.42. The van der Waals surface area contributed by atoms with Crippen molar-refractivity contribution in [3.05, 3.63) is 44.4 Å². The van der Waals surface area contributed by atoms with E-state index in [1.165, 1.54) is 11.3 Å². The second kappa shape index (κ2) is 5.72. The summed E-state index contributed by atoms with van der Waals surface area (Å²) in [7, 11) is 0. The Bertz CT molecular complexity index is 641. The lowest BCUT2D eigenvalue weighted by molar-refractivity contribution is 0.820. The zero-order chi connectivity index (χ0) is 14.0. The molecule has 3 nitrogen and oxygen atoms in total. The van der Waals surface area contributed by atoms with Gasteiger partial charge in [0.15, 0.2) is 5.13 Å². The fraction of sp³-hybridized carbons (Fsp3) is 0.286. The first-order chi connectivity index (χ1) is 9.01. The molecule has 0 unspecified atom stereocenters. The lowest BCUT2D eigenvalue weighted by Crippen LogP contribution is -1.97. The lowest BCUT2D eigenvalue weighted by atomic mass is 10.0. The molecule has 0 amide bonds. The minimum atomic E-state index is 0.334. The molecular weight excluding hydrogens is 322 g/mol. The molecule has 2 aromatic rings. The number of nitrogen functional groups attached to an aromatic ring is 1. The Kier molecular flexibility index (Phi) is 4.23. The van der Waals surface area contributed by atoms with Crippen LogP contribution in [0.25, 0.3) is 0 Å². The smallest absolute Gasteiger partial charge is 0.180 e. The number of thiazole rings is 1. The van der Waals surface area contributed by atoms with Crippen LogP contribution in [0.5, 0.6) is 0 Å². The molecule has 0 spiro atoms. The topological polar surface area (TPSA) is 62.7 Å². The first-order valence-electron chi connectivity index (χ1n) is 5.95. The fourth-order valence-corrected chi connectivity index (χ4v) is 3.37. The van der Waals surface area contributed by atoms with E-state index in [2.05, 4.69) is 40.8 Å². The molecule has 0 aliphatic rings.